The fraction of sp³-hybridized carbons (Fsp3) is 0.700. The fourth-order valence-corrected chi connectivity index (χ4v) is 3.23. The largest absolute Gasteiger partial charge is 0.329 e. The van der Waals surface area contributed by atoms with Crippen LogP contribution in [0.15, 0.2) is 11.1 Å². The van der Waals surface area contributed by atoms with Crippen molar-refractivity contribution in [2.45, 2.75) is 37.6 Å². The molecule has 3 N–H and O–H groups in total. The zero-order chi connectivity index (χ0) is 13.3. The van der Waals surface area contributed by atoms with E-state index in [1.807, 2.05) is 13.8 Å². The molecule has 0 amide bonds. The van der Waals surface area contributed by atoms with Gasteiger partial charge in [-0.1, -0.05) is 6.92 Å². The Morgan fingerprint density at radius 1 is 1.59 bits per heavy atom. The minimum atomic E-state index is -3.55. The molecule has 0 fully saturated rings. The molecule has 1 heterocycles. The van der Waals surface area contributed by atoms with Crippen molar-refractivity contribution in [1.82, 2.24) is 14.5 Å². The van der Waals surface area contributed by atoms with Crippen molar-refractivity contribution >= 4 is 10.0 Å². The maximum absolute atomic E-state index is 12.4. The number of hydrogen-bond donors (Lipinski definition) is 2. The Morgan fingerprint density at radius 2 is 2.18 bits per heavy atom. The van der Waals surface area contributed by atoms with Crippen LogP contribution in [0.4, 0.5) is 0 Å². The standard InChI is InChI=1S/C10H20N4O2S/c1-5-10(3,7-11)14(4)17(15,16)9-6-12-13-8(9)2/h6H,5,7,11H2,1-4H3,(H,12,13). The van der Waals surface area contributed by atoms with Gasteiger partial charge in [0.1, 0.15) is 4.90 Å². The predicted octanol–water partition coefficient (Wildman–Crippen LogP) is 0.466. The van der Waals surface area contributed by atoms with Gasteiger partial charge in [0.05, 0.1) is 11.9 Å². The van der Waals surface area contributed by atoms with Crippen molar-refractivity contribution in [1.29, 1.82) is 0 Å². The van der Waals surface area contributed by atoms with E-state index >= 15 is 0 Å². The zero-order valence-corrected chi connectivity index (χ0v) is 11.5. The number of hydrogen-bond acceptors (Lipinski definition) is 4. The van der Waals surface area contributed by atoms with E-state index in [-0.39, 0.29) is 11.4 Å². The highest BCUT2D eigenvalue weighted by Gasteiger charge is 2.36. The summed E-state index contributed by atoms with van der Waals surface area (Å²) < 4.78 is 26.1. The van der Waals surface area contributed by atoms with Crippen LogP contribution >= 0.6 is 0 Å². The van der Waals surface area contributed by atoms with Gasteiger partial charge >= 0.3 is 0 Å². The molecule has 0 bridgehead atoms. The molecule has 0 aliphatic heterocycles. The van der Waals surface area contributed by atoms with E-state index in [0.29, 0.717) is 12.1 Å². The summed E-state index contributed by atoms with van der Waals surface area (Å²) in [6.45, 7) is 5.71. The van der Waals surface area contributed by atoms with Gasteiger partial charge in [0.25, 0.3) is 0 Å². The molecule has 0 radical (unpaired) electrons. The summed E-state index contributed by atoms with van der Waals surface area (Å²) in [6.07, 6.45) is 1.98. The average molecular weight is 260 g/mol. The molecule has 98 valence electrons. The first-order chi connectivity index (χ1) is 7.79. The Kier molecular flexibility index (Phi) is 3.95. The second-order valence-corrected chi connectivity index (χ2v) is 6.32. The van der Waals surface area contributed by atoms with Gasteiger partial charge in [-0.15, -0.1) is 0 Å². The van der Waals surface area contributed by atoms with Crippen molar-refractivity contribution in [3.8, 4) is 0 Å². The number of rotatable bonds is 5. The molecule has 0 saturated carbocycles. The number of H-pyrrole nitrogens is 1. The molecule has 0 aliphatic rings. The van der Waals surface area contributed by atoms with Crippen LogP contribution in [-0.2, 0) is 10.0 Å². The van der Waals surface area contributed by atoms with Gasteiger partial charge in [0.2, 0.25) is 10.0 Å². The lowest BCUT2D eigenvalue weighted by molar-refractivity contribution is 0.240. The summed E-state index contributed by atoms with van der Waals surface area (Å²) >= 11 is 0. The number of nitrogens with two attached hydrogens (primary N) is 1. The van der Waals surface area contributed by atoms with Crippen LogP contribution < -0.4 is 5.73 Å². The fourth-order valence-electron chi connectivity index (χ4n) is 1.53. The summed E-state index contributed by atoms with van der Waals surface area (Å²) in [7, 11) is -1.99. The Labute approximate surface area is 102 Å². The van der Waals surface area contributed by atoms with Gasteiger partial charge in [0, 0.05) is 19.1 Å². The summed E-state index contributed by atoms with van der Waals surface area (Å²) in [5.41, 5.74) is 5.63. The van der Waals surface area contributed by atoms with E-state index in [2.05, 4.69) is 10.2 Å². The number of aromatic nitrogens is 2. The molecule has 0 aliphatic carbocycles. The first-order valence-corrected chi connectivity index (χ1v) is 6.92. The lowest BCUT2D eigenvalue weighted by Gasteiger charge is -2.35. The monoisotopic (exact) mass is 260 g/mol. The lowest BCUT2D eigenvalue weighted by Crippen LogP contribution is -2.51. The normalized spacial score (nSPS) is 16.1. The molecule has 1 unspecified atom stereocenters. The molecule has 1 aromatic heterocycles. The van der Waals surface area contributed by atoms with Crippen molar-refractivity contribution in [3.63, 3.8) is 0 Å². The van der Waals surface area contributed by atoms with Gasteiger partial charge in [-0.2, -0.15) is 9.40 Å². The van der Waals surface area contributed by atoms with E-state index in [1.165, 1.54) is 10.5 Å². The van der Waals surface area contributed by atoms with Crippen LogP contribution in [0.3, 0.4) is 0 Å². The second kappa shape index (κ2) is 4.75. The quantitative estimate of drug-likeness (QED) is 0.804. The number of aryl methyl sites for hydroxylation is 1. The molecule has 1 atom stereocenters. The van der Waals surface area contributed by atoms with Crippen molar-refractivity contribution in [3.05, 3.63) is 11.9 Å². The first kappa shape index (κ1) is 14.1. The van der Waals surface area contributed by atoms with Crippen LogP contribution in [0.25, 0.3) is 0 Å². The number of aromatic amines is 1. The number of sulfonamides is 1. The van der Waals surface area contributed by atoms with E-state index < -0.39 is 15.6 Å². The predicted molar refractivity (Wildman–Crippen MR) is 66.0 cm³/mol. The molecule has 0 aromatic carbocycles. The highest BCUT2D eigenvalue weighted by Crippen LogP contribution is 2.25. The molecule has 0 saturated heterocycles. The summed E-state index contributed by atoms with van der Waals surface area (Å²) in [5.74, 6) is 0. The first-order valence-electron chi connectivity index (χ1n) is 5.48. The Hall–Kier alpha value is -0.920. The zero-order valence-electron chi connectivity index (χ0n) is 10.7. The number of nitrogens with zero attached hydrogens (tertiary/aromatic N) is 2. The van der Waals surface area contributed by atoms with E-state index in [0.717, 1.165) is 0 Å². The third-order valence-corrected chi connectivity index (χ3v) is 5.51. The summed E-state index contributed by atoms with van der Waals surface area (Å²) in [5, 5.41) is 6.37. The Bertz CT molecular complexity index is 476. The molecule has 1 aromatic rings. The third kappa shape index (κ3) is 2.36. The van der Waals surface area contributed by atoms with Crippen LogP contribution in [0, 0.1) is 6.92 Å². The van der Waals surface area contributed by atoms with Crippen LogP contribution in [0.1, 0.15) is 26.0 Å². The van der Waals surface area contributed by atoms with Crippen molar-refractivity contribution in [2.24, 2.45) is 5.73 Å². The summed E-state index contributed by atoms with van der Waals surface area (Å²) in [6, 6.07) is 0. The highest BCUT2D eigenvalue weighted by molar-refractivity contribution is 7.89. The number of nitrogens with one attached hydrogen (secondary N) is 1. The molecule has 0 spiro atoms. The second-order valence-electron chi connectivity index (χ2n) is 4.39. The minimum Gasteiger partial charge on any atom is -0.329 e. The molecular weight excluding hydrogens is 240 g/mol. The molecule has 7 heteroatoms. The van der Waals surface area contributed by atoms with E-state index in [4.69, 9.17) is 5.73 Å². The topological polar surface area (TPSA) is 92.1 Å². The molecule has 17 heavy (non-hydrogen) atoms. The average Bonchev–Trinajstić information content (AvgIpc) is 2.74. The molecule has 6 nitrogen and oxygen atoms in total. The SMILES string of the molecule is CCC(C)(CN)N(C)S(=O)(=O)c1cn[nH]c1C. The summed E-state index contributed by atoms with van der Waals surface area (Å²) in [4.78, 5) is 0.202. The van der Waals surface area contributed by atoms with Gasteiger partial charge in [-0.05, 0) is 20.3 Å². The van der Waals surface area contributed by atoms with E-state index in [1.54, 1.807) is 14.0 Å². The smallest absolute Gasteiger partial charge is 0.246 e. The van der Waals surface area contributed by atoms with Crippen LogP contribution in [0.2, 0.25) is 0 Å². The van der Waals surface area contributed by atoms with Gasteiger partial charge in [-0.3, -0.25) is 5.10 Å². The Morgan fingerprint density at radius 3 is 2.53 bits per heavy atom. The molecule has 1 rings (SSSR count). The molecular formula is C10H20N4O2S. The van der Waals surface area contributed by atoms with Crippen molar-refractivity contribution in [2.75, 3.05) is 13.6 Å². The van der Waals surface area contributed by atoms with Gasteiger partial charge < -0.3 is 5.73 Å². The third-order valence-electron chi connectivity index (χ3n) is 3.38. The Balaban J connectivity index is 3.21. The van der Waals surface area contributed by atoms with Gasteiger partial charge in [-0.25, -0.2) is 8.42 Å². The van der Waals surface area contributed by atoms with E-state index in [9.17, 15) is 8.42 Å². The van der Waals surface area contributed by atoms with Crippen LogP contribution in [-0.4, -0.2) is 42.1 Å². The maximum Gasteiger partial charge on any atom is 0.246 e. The highest BCUT2D eigenvalue weighted by atomic mass is 32.2. The maximum atomic E-state index is 12.4. The lowest BCUT2D eigenvalue weighted by atomic mass is 10.00. The van der Waals surface area contributed by atoms with Crippen molar-refractivity contribution < 1.29 is 8.42 Å². The minimum absolute atomic E-state index is 0.202. The van der Waals surface area contributed by atoms with Gasteiger partial charge in [0.15, 0.2) is 0 Å². The van der Waals surface area contributed by atoms with Crippen LogP contribution in [0.5, 0.6) is 0 Å². The number of likely N-dealkylation sites (N-methyl/N-ethyl adjacent to an activating group) is 1.